The van der Waals surface area contributed by atoms with Gasteiger partial charge in [-0.1, -0.05) is 0 Å². The van der Waals surface area contributed by atoms with Crippen LogP contribution in [-0.4, -0.2) is 47.9 Å². The van der Waals surface area contributed by atoms with Gasteiger partial charge >= 0.3 is 12.1 Å². The molecular weight excluding hydrogens is 350 g/mol. The molecule has 1 N–H and O–H groups in total. The van der Waals surface area contributed by atoms with E-state index in [1.807, 2.05) is 0 Å². The fourth-order valence-electron chi connectivity index (χ4n) is 2.47. The highest BCUT2D eigenvalue weighted by Gasteiger charge is 2.21. The average Bonchev–Trinajstić information content (AvgIpc) is 2.59. The Bertz CT molecular complexity index is 817. The van der Waals surface area contributed by atoms with Crippen LogP contribution < -0.4 is 10.1 Å². The number of rotatable bonds is 6. The summed E-state index contributed by atoms with van der Waals surface area (Å²) in [5.74, 6) is -0.282. The molecule has 0 saturated heterocycles. The number of methoxy groups -OCH3 is 1. The number of alkyl carbamates (subject to hydrolysis) is 1. The first kappa shape index (κ1) is 20.4. The van der Waals surface area contributed by atoms with Gasteiger partial charge in [-0.15, -0.1) is 0 Å². The van der Waals surface area contributed by atoms with Crippen LogP contribution in [0.15, 0.2) is 24.4 Å². The van der Waals surface area contributed by atoms with Crippen molar-refractivity contribution in [2.45, 2.75) is 39.2 Å². The Labute approximate surface area is 158 Å². The predicted molar refractivity (Wildman–Crippen MR) is 99.7 cm³/mol. The molecule has 0 aliphatic carbocycles. The largest absolute Gasteiger partial charge is 0.481 e. The number of fused-ring (bicyclic) bond motifs is 1. The van der Waals surface area contributed by atoms with Crippen molar-refractivity contribution in [2.24, 2.45) is 0 Å². The van der Waals surface area contributed by atoms with Crippen LogP contribution >= 0.6 is 0 Å². The van der Waals surface area contributed by atoms with Crippen molar-refractivity contribution < 1.29 is 23.8 Å². The highest BCUT2D eigenvalue weighted by molar-refractivity contribution is 5.79. The molecule has 0 aliphatic heterocycles. The fourth-order valence-corrected chi connectivity index (χ4v) is 2.47. The number of carbonyl (C=O) groups excluding carboxylic acids is 2. The Kier molecular flexibility index (Phi) is 6.55. The third kappa shape index (κ3) is 6.09. The van der Waals surface area contributed by atoms with E-state index >= 15 is 0 Å². The predicted octanol–water partition coefficient (Wildman–Crippen LogP) is 2.81. The molecule has 0 saturated carbocycles. The molecule has 146 valence electrons. The molecule has 0 radical (unpaired) electrons. The van der Waals surface area contributed by atoms with E-state index in [4.69, 9.17) is 14.2 Å². The lowest BCUT2D eigenvalue weighted by molar-refractivity contribution is -0.141. The minimum Gasteiger partial charge on any atom is -0.481 e. The number of nitrogens with one attached hydrogen (secondary N) is 1. The van der Waals surface area contributed by atoms with Crippen LogP contribution in [-0.2, 0) is 14.3 Å². The lowest BCUT2D eigenvalue weighted by Gasteiger charge is -2.22. The molecular formula is C19H25N3O5. The van der Waals surface area contributed by atoms with Crippen LogP contribution in [0.2, 0.25) is 0 Å². The molecule has 2 rings (SSSR count). The highest BCUT2D eigenvalue weighted by Crippen LogP contribution is 2.25. The van der Waals surface area contributed by atoms with Crippen molar-refractivity contribution in [3.8, 4) is 5.88 Å². The normalized spacial score (nSPS) is 12.3. The summed E-state index contributed by atoms with van der Waals surface area (Å²) < 4.78 is 15.6. The maximum absolute atomic E-state index is 12.0. The van der Waals surface area contributed by atoms with Gasteiger partial charge in [0.1, 0.15) is 5.60 Å². The second-order valence-corrected chi connectivity index (χ2v) is 7.00. The molecule has 0 bridgehead atoms. The van der Waals surface area contributed by atoms with E-state index in [1.54, 1.807) is 45.2 Å². The molecule has 2 heterocycles. The molecule has 1 amide bonds. The Morgan fingerprint density at radius 1 is 1.22 bits per heavy atom. The summed E-state index contributed by atoms with van der Waals surface area (Å²) in [4.78, 5) is 32.1. The van der Waals surface area contributed by atoms with Gasteiger partial charge in [0.05, 0.1) is 24.8 Å². The van der Waals surface area contributed by atoms with Gasteiger partial charge in [-0.05, 0) is 38.5 Å². The molecule has 2 aromatic heterocycles. The zero-order valence-electron chi connectivity index (χ0n) is 16.2. The maximum Gasteiger partial charge on any atom is 0.407 e. The molecule has 0 unspecified atom stereocenters. The van der Waals surface area contributed by atoms with Gasteiger partial charge in [-0.3, -0.25) is 9.78 Å². The average molecular weight is 375 g/mol. The van der Waals surface area contributed by atoms with Gasteiger partial charge in [0.25, 0.3) is 0 Å². The number of aromatic nitrogens is 2. The summed E-state index contributed by atoms with van der Waals surface area (Å²) in [5, 5.41) is 2.72. The molecule has 1 atom stereocenters. The second-order valence-electron chi connectivity index (χ2n) is 7.00. The van der Waals surface area contributed by atoms with Gasteiger partial charge in [-0.25, -0.2) is 9.78 Å². The summed E-state index contributed by atoms with van der Waals surface area (Å²) >= 11 is 0. The van der Waals surface area contributed by atoms with E-state index < -0.39 is 17.7 Å². The molecule has 2 aromatic rings. The Hall–Kier alpha value is -2.90. The van der Waals surface area contributed by atoms with E-state index in [2.05, 4.69) is 15.3 Å². The van der Waals surface area contributed by atoms with Crippen molar-refractivity contribution in [1.29, 1.82) is 0 Å². The van der Waals surface area contributed by atoms with Crippen molar-refractivity contribution in [3.63, 3.8) is 0 Å². The Morgan fingerprint density at radius 2 is 1.96 bits per heavy atom. The van der Waals surface area contributed by atoms with Crippen molar-refractivity contribution in [1.82, 2.24) is 15.3 Å². The van der Waals surface area contributed by atoms with Gasteiger partial charge < -0.3 is 19.5 Å². The molecule has 27 heavy (non-hydrogen) atoms. The molecule has 8 heteroatoms. The third-order valence-electron chi connectivity index (χ3n) is 3.62. The number of esters is 1. The maximum atomic E-state index is 12.0. The number of nitrogens with zero attached hydrogens (tertiary/aromatic N) is 2. The van der Waals surface area contributed by atoms with Crippen LogP contribution in [0.3, 0.4) is 0 Å². The van der Waals surface area contributed by atoms with E-state index in [9.17, 15) is 9.59 Å². The quantitative estimate of drug-likeness (QED) is 0.775. The Balaban J connectivity index is 2.29. The summed E-state index contributed by atoms with van der Waals surface area (Å²) in [6.45, 7) is 6.99. The summed E-state index contributed by atoms with van der Waals surface area (Å²) in [6, 6.07) is 5.31. The SMILES string of the molecule is COc1ccc2nccc([C@@H](CNC(=O)OC(C)(C)C)COC(C)=O)c2n1. The van der Waals surface area contributed by atoms with Crippen LogP contribution in [0, 0.1) is 0 Å². The number of carbonyl (C=O) groups is 2. The molecule has 8 nitrogen and oxygen atoms in total. The topological polar surface area (TPSA) is 99.6 Å². The minimum atomic E-state index is -0.603. The molecule has 0 aromatic carbocycles. The van der Waals surface area contributed by atoms with Crippen molar-refractivity contribution >= 4 is 23.1 Å². The standard InChI is InChI=1S/C19H25N3O5/c1-12(23)26-11-13(10-21-18(24)27-19(2,3)4)14-8-9-20-15-6-7-16(25-5)22-17(14)15/h6-9,13H,10-11H2,1-5H3,(H,21,24)/t13-/m0/s1. The van der Waals surface area contributed by atoms with Crippen LogP contribution in [0.5, 0.6) is 5.88 Å². The lowest BCUT2D eigenvalue weighted by atomic mass is 9.99. The lowest BCUT2D eigenvalue weighted by Crippen LogP contribution is -2.35. The number of pyridine rings is 2. The van der Waals surface area contributed by atoms with Crippen LogP contribution in [0.4, 0.5) is 4.79 Å². The fraction of sp³-hybridized carbons (Fsp3) is 0.474. The van der Waals surface area contributed by atoms with Gasteiger partial charge in [0.2, 0.25) is 5.88 Å². The van der Waals surface area contributed by atoms with Crippen molar-refractivity contribution in [2.75, 3.05) is 20.3 Å². The first-order chi connectivity index (χ1) is 12.7. The zero-order chi connectivity index (χ0) is 20.0. The van der Waals surface area contributed by atoms with E-state index in [1.165, 1.54) is 14.0 Å². The number of hydrogen-bond acceptors (Lipinski definition) is 7. The first-order valence-corrected chi connectivity index (χ1v) is 8.59. The van der Waals surface area contributed by atoms with E-state index in [0.717, 1.165) is 5.56 Å². The van der Waals surface area contributed by atoms with Gasteiger partial charge in [0, 0.05) is 31.6 Å². The minimum absolute atomic E-state index is 0.0864. The van der Waals surface area contributed by atoms with Gasteiger partial charge in [0.15, 0.2) is 0 Å². The number of ether oxygens (including phenoxy) is 3. The molecule has 0 fully saturated rings. The second kappa shape index (κ2) is 8.66. The summed E-state index contributed by atoms with van der Waals surface area (Å²) in [7, 11) is 1.53. The number of hydrogen-bond donors (Lipinski definition) is 1. The number of amides is 1. The Morgan fingerprint density at radius 3 is 2.59 bits per heavy atom. The van der Waals surface area contributed by atoms with Crippen molar-refractivity contribution in [3.05, 3.63) is 30.0 Å². The monoisotopic (exact) mass is 375 g/mol. The van der Waals surface area contributed by atoms with E-state index in [-0.39, 0.29) is 19.1 Å². The smallest absolute Gasteiger partial charge is 0.407 e. The van der Waals surface area contributed by atoms with Gasteiger partial charge in [-0.2, -0.15) is 0 Å². The third-order valence-corrected chi connectivity index (χ3v) is 3.62. The molecule has 0 spiro atoms. The highest BCUT2D eigenvalue weighted by atomic mass is 16.6. The summed E-state index contributed by atoms with van der Waals surface area (Å²) in [5.41, 5.74) is 1.49. The van der Waals surface area contributed by atoms with Crippen LogP contribution in [0.25, 0.3) is 11.0 Å². The molecule has 0 aliphatic rings. The summed E-state index contributed by atoms with van der Waals surface area (Å²) in [6.07, 6.45) is 1.11. The first-order valence-electron chi connectivity index (χ1n) is 8.59. The van der Waals surface area contributed by atoms with E-state index in [0.29, 0.717) is 16.9 Å². The van der Waals surface area contributed by atoms with Crippen LogP contribution in [0.1, 0.15) is 39.2 Å². The zero-order valence-corrected chi connectivity index (χ0v) is 16.2.